The van der Waals surface area contributed by atoms with E-state index in [4.69, 9.17) is 22.7 Å². The van der Waals surface area contributed by atoms with Crippen LogP contribution in [0.15, 0.2) is 30.6 Å². The summed E-state index contributed by atoms with van der Waals surface area (Å²) in [5.41, 5.74) is 7.43. The minimum atomic E-state index is 0.330. The number of aromatic nitrogens is 2. The minimum Gasteiger partial charge on any atom is -0.453 e. The first-order chi connectivity index (χ1) is 8.61. The number of thiocarbonyl (C=S) groups is 1. The van der Waals surface area contributed by atoms with Gasteiger partial charge in [0, 0.05) is 6.54 Å². The molecule has 2 rings (SSSR count). The van der Waals surface area contributed by atoms with E-state index in [0.29, 0.717) is 16.5 Å². The van der Waals surface area contributed by atoms with E-state index in [1.807, 2.05) is 38.2 Å². The molecule has 94 valence electrons. The van der Waals surface area contributed by atoms with Crippen molar-refractivity contribution in [2.75, 3.05) is 0 Å². The van der Waals surface area contributed by atoms with Crippen molar-refractivity contribution in [1.82, 2.24) is 9.78 Å². The zero-order chi connectivity index (χ0) is 13.1. The van der Waals surface area contributed by atoms with Gasteiger partial charge in [0.2, 0.25) is 0 Å². The summed E-state index contributed by atoms with van der Waals surface area (Å²) in [6, 6.07) is 5.72. The maximum absolute atomic E-state index is 5.83. The van der Waals surface area contributed by atoms with Crippen LogP contribution in [0.3, 0.4) is 0 Å². The fourth-order valence-electron chi connectivity index (χ4n) is 1.67. The number of nitrogens with two attached hydrogens (primary N) is 1. The number of para-hydroxylation sites is 1. The average molecular weight is 261 g/mol. The molecule has 0 aliphatic heterocycles. The molecular weight excluding hydrogens is 246 g/mol. The fourth-order valence-corrected chi connectivity index (χ4v) is 1.83. The molecule has 4 nitrogen and oxygen atoms in total. The predicted octanol–water partition coefficient (Wildman–Crippen LogP) is 2.64. The summed E-state index contributed by atoms with van der Waals surface area (Å²) < 4.78 is 7.63. The Bertz CT molecular complexity index is 577. The van der Waals surface area contributed by atoms with Crippen molar-refractivity contribution in [1.29, 1.82) is 0 Å². The molecule has 0 amide bonds. The largest absolute Gasteiger partial charge is 0.453 e. The standard InChI is InChI=1S/C13H15N3OS/c1-3-16-8-10(7-15-16)17-12-9(2)5-4-6-11(12)13(14)18/h4-8H,3H2,1-2H3,(H2,14,18). The van der Waals surface area contributed by atoms with Crippen LogP contribution >= 0.6 is 12.2 Å². The molecule has 1 aromatic heterocycles. The van der Waals surface area contributed by atoms with Gasteiger partial charge in [0.15, 0.2) is 5.75 Å². The van der Waals surface area contributed by atoms with Crippen LogP contribution in [0.2, 0.25) is 0 Å². The van der Waals surface area contributed by atoms with Gasteiger partial charge in [0.05, 0.1) is 18.0 Å². The Morgan fingerprint density at radius 3 is 2.89 bits per heavy atom. The lowest BCUT2D eigenvalue weighted by Gasteiger charge is -2.11. The molecule has 0 atom stereocenters. The van der Waals surface area contributed by atoms with E-state index in [-0.39, 0.29) is 0 Å². The van der Waals surface area contributed by atoms with E-state index >= 15 is 0 Å². The number of hydrogen-bond acceptors (Lipinski definition) is 3. The second-order valence-corrected chi connectivity index (χ2v) is 4.39. The van der Waals surface area contributed by atoms with Crippen LogP contribution in [0.1, 0.15) is 18.1 Å². The van der Waals surface area contributed by atoms with Crippen LogP contribution in [0.5, 0.6) is 11.5 Å². The van der Waals surface area contributed by atoms with E-state index in [1.165, 1.54) is 0 Å². The molecule has 0 radical (unpaired) electrons. The number of benzene rings is 1. The molecule has 2 aromatic rings. The molecule has 18 heavy (non-hydrogen) atoms. The number of aryl methyl sites for hydroxylation is 2. The van der Waals surface area contributed by atoms with Crippen molar-refractivity contribution >= 4 is 17.2 Å². The smallest absolute Gasteiger partial charge is 0.165 e. The first-order valence-corrected chi connectivity index (χ1v) is 6.12. The zero-order valence-corrected chi connectivity index (χ0v) is 11.2. The summed E-state index contributed by atoms with van der Waals surface area (Å²) in [5, 5.41) is 4.16. The highest BCUT2D eigenvalue weighted by Crippen LogP contribution is 2.28. The first-order valence-electron chi connectivity index (χ1n) is 5.71. The zero-order valence-electron chi connectivity index (χ0n) is 10.4. The Labute approximate surface area is 111 Å². The summed E-state index contributed by atoms with van der Waals surface area (Å²) >= 11 is 5.03. The van der Waals surface area contributed by atoms with E-state index in [1.54, 1.807) is 10.9 Å². The molecular formula is C13H15N3OS. The molecule has 5 heteroatoms. The Hall–Kier alpha value is -1.88. The monoisotopic (exact) mass is 261 g/mol. The van der Waals surface area contributed by atoms with Gasteiger partial charge >= 0.3 is 0 Å². The SMILES string of the molecule is CCn1cc(Oc2c(C)cccc2C(N)=S)cn1. The quantitative estimate of drug-likeness (QED) is 0.860. The van der Waals surface area contributed by atoms with Gasteiger partial charge < -0.3 is 10.5 Å². The highest BCUT2D eigenvalue weighted by molar-refractivity contribution is 7.80. The lowest BCUT2D eigenvalue weighted by Crippen LogP contribution is -2.11. The number of hydrogen-bond donors (Lipinski definition) is 1. The van der Waals surface area contributed by atoms with Gasteiger partial charge in [-0.15, -0.1) is 0 Å². The van der Waals surface area contributed by atoms with Gasteiger partial charge in [-0.1, -0.05) is 24.4 Å². The van der Waals surface area contributed by atoms with E-state index in [2.05, 4.69) is 5.10 Å². The van der Waals surface area contributed by atoms with Crippen LogP contribution in [-0.2, 0) is 6.54 Å². The van der Waals surface area contributed by atoms with E-state index in [9.17, 15) is 0 Å². The lowest BCUT2D eigenvalue weighted by atomic mass is 10.1. The summed E-state index contributed by atoms with van der Waals surface area (Å²) in [5.74, 6) is 1.38. The van der Waals surface area contributed by atoms with Gasteiger partial charge in [-0.05, 0) is 25.5 Å². The number of rotatable bonds is 4. The summed E-state index contributed by atoms with van der Waals surface area (Å²) in [6.45, 7) is 4.78. The topological polar surface area (TPSA) is 53.1 Å². The second-order valence-electron chi connectivity index (χ2n) is 3.95. The molecule has 0 aliphatic rings. The van der Waals surface area contributed by atoms with Crippen molar-refractivity contribution in [3.05, 3.63) is 41.7 Å². The highest BCUT2D eigenvalue weighted by Gasteiger charge is 2.11. The van der Waals surface area contributed by atoms with Crippen LogP contribution < -0.4 is 10.5 Å². The molecule has 1 aromatic carbocycles. The van der Waals surface area contributed by atoms with Crippen molar-refractivity contribution in [3.63, 3.8) is 0 Å². The van der Waals surface area contributed by atoms with Gasteiger partial charge in [-0.2, -0.15) is 5.10 Å². The Kier molecular flexibility index (Phi) is 3.62. The van der Waals surface area contributed by atoms with Gasteiger partial charge in [-0.3, -0.25) is 4.68 Å². The van der Waals surface area contributed by atoms with Gasteiger partial charge in [0.25, 0.3) is 0 Å². The third-order valence-corrected chi connectivity index (χ3v) is 2.85. The Balaban J connectivity index is 2.36. The number of nitrogens with zero attached hydrogens (tertiary/aromatic N) is 2. The molecule has 0 spiro atoms. The molecule has 0 fully saturated rings. The van der Waals surface area contributed by atoms with Crippen molar-refractivity contribution in [3.8, 4) is 11.5 Å². The second kappa shape index (κ2) is 5.18. The first kappa shape index (κ1) is 12.6. The van der Waals surface area contributed by atoms with Crippen molar-refractivity contribution in [2.24, 2.45) is 5.73 Å². The normalized spacial score (nSPS) is 10.3. The third kappa shape index (κ3) is 2.51. The molecule has 0 bridgehead atoms. The Morgan fingerprint density at radius 1 is 1.50 bits per heavy atom. The lowest BCUT2D eigenvalue weighted by molar-refractivity contribution is 0.476. The van der Waals surface area contributed by atoms with Gasteiger partial charge in [-0.25, -0.2) is 0 Å². The molecule has 2 N–H and O–H groups in total. The van der Waals surface area contributed by atoms with Crippen LogP contribution in [-0.4, -0.2) is 14.8 Å². The molecule has 0 aliphatic carbocycles. The highest BCUT2D eigenvalue weighted by atomic mass is 32.1. The average Bonchev–Trinajstić information content (AvgIpc) is 2.79. The maximum Gasteiger partial charge on any atom is 0.165 e. The summed E-state index contributed by atoms with van der Waals surface area (Å²) in [6.07, 6.45) is 3.52. The van der Waals surface area contributed by atoms with Crippen LogP contribution in [0.4, 0.5) is 0 Å². The van der Waals surface area contributed by atoms with Crippen molar-refractivity contribution < 1.29 is 4.74 Å². The fraction of sp³-hybridized carbons (Fsp3) is 0.231. The molecule has 0 saturated heterocycles. The molecule has 0 saturated carbocycles. The van der Waals surface area contributed by atoms with E-state index in [0.717, 1.165) is 17.7 Å². The van der Waals surface area contributed by atoms with E-state index < -0.39 is 0 Å². The van der Waals surface area contributed by atoms with Crippen molar-refractivity contribution in [2.45, 2.75) is 20.4 Å². The van der Waals surface area contributed by atoms with Crippen LogP contribution in [0, 0.1) is 6.92 Å². The van der Waals surface area contributed by atoms with Crippen LogP contribution in [0.25, 0.3) is 0 Å². The predicted molar refractivity (Wildman–Crippen MR) is 75.0 cm³/mol. The summed E-state index contributed by atoms with van der Waals surface area (Å²) in [4.78, 5) is 0.330. The molecule has 1 heterocycles. The summed E-state index contributed by atoms with van der Waals surface area (Å²) in [7, 11) is 0. The Morgan fingerprint density at radius 2 is 2.28 bits per heavy atom. The number of ether oxygens (including phenoxy) is 1. The molecule has 0 unspecified atom stereocenters. The maximum atomic E-state index is 5.83. The minimum absolute atomic E-state index is 0.330. The third-order valence-electron chi connectivity index (χ3n) is 2.63. The van der Waals surface area contributed by atoms with Gasteiger partial charge in [0.1, 0.15) is 10.7 Å².